The van der Waals surface area contributed by atoms with Crippen LogP contribution in [0.15, 0.2) is 36.9 Å². The molecule has 0 aliphatic heterocycles. The first kappa shape index (κ1) is 19.2. The van der Waals surface area contributed by atoms with Crippen LogP contribution < -0.4 is 5.32 Å². The van der Waals surface area contributed by atoms with Crippen LogP contribution in [0.2, 0.25) is 0 Å². The molecule has 5 nitrogen and oxygen atoms in total. The maximum Gasteiger partial charge on any atom is 0.416 e. The fourth-order valence-corrected chi connectivity index (χ4v) is 2.54. The number of halogens is 3. The molecule has 0 fully saturated rings. The third kappa shape index (κ3) is 6.03. The fraction of sp³-hybridized carbons (Fsp3) is 0.357. The van der Waals surface area contributed by atoms with Crippen LogP contribution in [0.1, 0.15) is 15.9 Å². The Kier molecular flexibility index (Phi) is 6.34. The summed E-state index contributed by atoms with van der Waals surface area (Å²) in [5.74, 6) is -0.578. The predicted octanol–water partition coefficient (Wildman–Crippen LogP) is 1.88. The van der Waals surface area contributed by atoms with E-state index in [9.17, 15) is 26.4 Å². The average molecular weight is 350 g/mol. The Balaban J connectivity index is 2.61. The average Bonchev–Trinajstić information content (AvgIpc) is 2.44. The Labute approximate surface area is 132 Å². The molecule has 1 amide bonds. The molecule has 0 radical (unpaired) electrons. The van der Waals surface area contributed by atoms with Gasteiger partial charge in [0.05, 0.1) is 11.8 Å². The van der Waals surface area contributed by atoms with E-state index in [-0.39, 0.29) is 25.2 Å². The molecule has 9 heteroatoms. The van der Waals surface area contributed by atoms with Crippen LogP contribution in [0.4, 0.5) is 13.2 Å². The Hall–Kier alpha value is -1.87. The fourth-order valence-electron chi connectivity index (χ4n) is 1.74. The zero-order valence-corrected chi connectivity index (χ0v) is 13.2. The third-order valence-corrected chi connectivity index (χ3v) is 4.19. The summed E-state index contributed by atoms with van der Waals surface area (Å²) >= 11 is 0. The van der Waals surface area contributed by atoms with Crippen molar-refractivity contribution in [1.82, 2.24) is 9.62 Å². The van der Waals surface area contributed by atoms with Crippen LogP contribution >= 0.6 is 0 Å². The zero-order chi connectivity index (χ0) is 17.7. The number of amides is 1. The Morgan fingerprint density at radius 3 is 2.30 bits per heavy atom. The highest BCUT2D eigenvalue weighted by Gasteiger charge is 2.30. The van der Waals surface area contributed by atoms with Gasteiger partial charge in [-0.05, 0) is 24.3 Å². The van der Waals surface area contributed by atoms with E-state index in [1.807, 2.05) is 0 Å². The number of sulfonamides is 1. The number of alkyl halides is 3. The molecule has 1 rings (SSSR count). The second-order valence-corrected chi connectivity index (χ2v) is 6.72. The number of carbonyl (C=O) groups is 1. The lowest BCUT2D eigenvalue weighted by molar-refractivity contribution is -0.137. The summed E-state index contributed by atoms with van der Waals surface area (Å²) in [6.07, 6.45) is -2.01. The van der Waals surface area contributed by atoms with Gasteiger partial charge in [-0.15, -0.1) is 6.58 Å². The van der Waals surface area contributed by atoms with Crippen molar-refractivity contribution in [3.63, 3.8) is 0 Å². The quantitative estimate of drug-likeness (QED) is 0.764. The summed E-state index contributed by atoms with van der Waals surface area (Å²) in [6, 6.07) is 3.76. The van der Waals surface area contributed by atoms with E-state index in [0.29, 0.717) is 0 Å². The lowest BCUT2D eigenvalue weighted by Gasteiger charge is -2.18. The van der Waals surface area contributed by atoms with Crippen molar-refractivity contribution in [3.8, 4) is 0 Å². The van der Waals surface area contributed by atoms with Gasteiger partial charge in [-0.25, -0.2) is 8.42 Å². The molecule has 0 aliphatic carbocycles. The van der Waals surface area contributed by atoms with Gasteiger partial charge in [0.2, 0.25) is 10.0 Å². The van der Waals surface area contributed by atoms with Crippen LogP contribution in [0.5, 0.6) is 0 Å². The number of hydrogen-bond donors (Lipinski definition) is 1. The van der Waals surface area contributed by atoms with Crippen LogP contribution in [0.25, 0.3) is 0 Å². The molecule has 0 atom stereocenters. The minimum Gasteiger partial charge on any atom is -0.351 e. The topological polar surface area (TPSA) is 66.5 Å². The molecule has 0 saturated heterocycles. The van der Waals surface area contributed by atoms with E-state index >= 15 is 0 Å². The van der Waals surface area contributed by atoms with Gasteiger partial charge in [-0.3, -0.25) is 4.79 Å². The van der Waals surface area contributed by atoms with Crippen molar-refractivity contribution in [1.29, 1.82) is 0 Å². The number of hydrogen-bond acceptors (Lipinski definition) is 3. The van der Waals surface area contributed by atoms with Crippen molar-refractivity contribution in [2.45, 2.75) is 6.18 Å². The number of rotatable bonds is 7. The molecule has 0 aliphatic rings. The van der Waals surface area contributed by atoms with E-state index in [4.69, 9.17) is 0 Å². The maximum atomic E-state index is 12.4. The molecule has 128 valence electrons. The first-order chi connectivity index (χ1) is 10.6. The second kappa shape index (κ2) is 7.60. The number of benzene rings is 1. The van der Waals surface area contributed by atoms with Gasteiger partial charge < -0.3 is 5.32 Å². The maximum absolute atomic E-state index is 12.4. The molecular weight excluding hydrogens is 333 g/mol. The normalized spacial score (nSPS) is 12.2. The second-order valence-electron chi connectivity index (χ2n) is 4.74. The highest BCUT2D eigenvalue weighted by molar-refractivity contribution is 7.88. The summed E-state index contributed by atoms with van der Waals surface area (Å²) in [5, 5.41) is 2.46. The Bertz CT molecular complexity index is 655. The number of carbonyl (C=O) groups excluding carboxylic acids is 1. The van der Waals surface area contributed by atoms with Gasteiger partial charge in [0, 0.05) is 25.2 Å². The molecule has 1 N–H and O–H groups in total. The highest BCUT2D eigenvalue weighted by atomic mass is 32.2. The van der Waals surface area contributed by atoms with E-state index in [0.717, 1.165) is 34.8 Å². The minimum atomic E-state index is -4.46. The van der Waals surface area contributed by atoms with Crippen LogP contribution in [-0.4, -0.2) is 44.5 Å². The van der Waals surface area contributed by atoms with Crippen molar-refractivity contribution in [3.05, 3.63) is 48.0 Å². The Morgan fingerprint density at radius 1 is 1.30 bits per heavy atom. The first-order valence-electron chi connectivity index (χ1n) is 6.57. The third-order valence-electron chi connectivity index (χ3n) is 2.92. The van der Waals surface area contributed by atoms with Crippen LogP contribution in [0.3, 0.4) is 0 Å². The molecule has 0 heterocycles. The standard InChI is InChI=1S/C14H17F3N2O3S/c1-3-9-19(23(2,21)22)10-8-18-13(20)11-4-6-12(7-5-11)14(15,16)17/h3-7H,1,8-10H2,2H3,(H,18,20). The van der Waals surface area contributed by atoms with Gasteiger partial charge in [0.1, 0.15) is 0 Å². The summed E-state index contributed by atoms with van der Waals surface area (Å²) in [4.78, 5) is 11.8. The highest BCUT2D eigenvalue weighted by Crippen LogP contribution is 2.28. The summed E-state index contributed by atoms with van der Waals surface area (Å²) < 4.78 is 61.3. The molecule has 0 bridgehead atoms. The largest absolute Gasteiger partial charge is 0.416 e. The van der Waals surface area contributed by atoms with E-state index in [2.05, 4.69) is 11.9 Å². The molecular formula is C14H17F3N2O3S. The summed E-state index contributed by atoms with van der Waals surface area (Å²) in [6.45, 7) is 3.62. The van der Waals surface area contributed by atoms with E-state index in [1.165, 1.54) is 6.08 Å². The number of nitrogens with one attached hydrogen (secondary N) is 1. The minimum absolute atomic E-state index is 0.0285. The lowest BCUT2D eigenvalue weighted by atomic mass is 10.1. The Morgan fingerprint density at radius 2 is 1.87 bits per heavy atom. The van der Waals surface area contributed by atoms with Gasteiger partial charge in [-0.2, -0.15) is 17.5 Å². The molecule has 1 aromatic rings. The molecule has 0 spiro atoms. The van der Waals surface area contributed by atoms with Gasteiger partial charge >= 0.3 is 6.18 Å². The van der Waals surface area contributed by atoms with Crippen molar-refractivity contribution in [2.75, 3.05) is 25.9 Å². The smallest absolute Gasteiger partial charge is 0.351 e. The molecule has 1 aromatic carbocycles. The molecule has 23 heavy (non-hydrogen) atoms. The van der Waals surface area contributed by atoms with Crippen molar-refractivity contribution in [2.24, 2.45) is 0 Å². The van der Waals surface area contributed by atoms with E-state index in [1.54, 1.807) is 0 Å². The van der Waals surface area contributed by atoms with Crippen molar-refractivity contribution >= 4 is 15.9 Å². The van der Waals surface area contributed by atoms with Gasteiger partial charge in [-0.1, -0.05) is 6.08 Å². The van der Waals surface area contributed by atoms with Crippen molar-refractivity contribution < 1.29 is 26.4 Å². The zero-order valence-electron chi connectivity index (χ0n) is 12.4. The summed E-state index contributed by atoms with van der Waals surface area (Å²) in [7, 11) is -3.43. The van der Waals surface area contributed by atoms with Gasteiger partial charge in [0.25, 0.3) is 5.91 Å². The molecule has 0 unspecified atom stereocenters. The van der Waals surface area contributed by atoms with Crippen LogP contribution in [0, 0.1) is 0 Å². The van der Waals surface area contributed by atoms with Crippen LogP contribution in [-0.2, 0) is 16.2 Å². The predicted molar refractivity (Wildman–Crippen MR) is 80.4 cm³/mol. The molecule has 0 aromatic heterocycles. The summed E-state index contributed by atoms with van der Waals surface area (Å²) in [5.41, 5.74) is -0.782. The lowest BCUT2D eigenvalue weighted by Crippen LogP contribution is -2.38. The number of nitrogens with zero attached hydrogens (tertiary/aromatic N) is 1. The molecule has 0 saturated carbocycles. The monoisotopic (exact) mass is 350 g/mol. The van der Waals surface area contributed by atoms with E-state index < -0.39 is 27.7 Å². The van der Waals surface area contributed by atoms with Gasteiger partial charge in [0.15, 0.2) is 0 Å². The first-order valence-corrected chi connectivity index (χ1v) is 8.42. The SMILES string of the molecule is C=CCN(CCNC(=O)c1ccc(C(F)(F)F)cc1)S(C)(=O)=O.